The van der Waals surface area contributed by atoms with Gasteiger partial charge >= 0.3 is 0 Å². The third-order valence-corrected chi connectivity index (χ3v) is 1.83. The van der Waals surface area contributed by atoms with Crippen LogP contribution >= 0.6 is 0 Å². The lowest BCUT2D eigenvalue weighted by Crippen LogP contribution is -2.36. The van der Waals surface area contributed by atoms with Gasteiger partial charge in [-0.2, -0.15) is 0 Å². The minimum Gasteiger partial charge on any atom is -0.306 e. The van der Waals surface area contributed by atoms with E-state index in [2.05, 4.69) is 5.32 Å². The van der Waals surface area contributed by atoms with Crippen LogP contribution in [0, 0.1) is 0 Å². The molecule has 1 atom stereocenters. The van der Waals surface area contributed by atoms with Crippen LogP contribution in [0.1, 0.15) is 13.3 Å². The van der Waals surface area contributed by atoms with Gasteiger partial charge in [0.2, 0.25) is 11.8 Å². The number of carbonyl (C=O) groups is 2. The summed E-state index contributed by atoms with van der Waals surface area (Å²) in [6.07, 6.45) is 0.309. The molecule has 0 aromatic rings. The maximum Gasteiger partial charge on any atom is 0.246 e. The Morgan fingerprint density at radius 2 is 2.27 bits per heavy atom. The maximum atomic E-state index is 11.1. The standard InChI is InChI=1S/C7H12N2O2/c1-3-8-5-4-6(10)9(2)7(5)11/h5,8H,3-4H2,1-2H3. The van der Waals surface area contributed by atoms with Gasteiger partial charge in [0.1, 0.15) is 0 Å². The SMILES string of the molecule is CCNC1CC(=O)N(C)C1=O. The van der Waals surface area contributed by atoms with Gasteiger partial charge in [-0.05, 0) is 6.54 Å². The van der Waals surface area contributed by atoms with E-state index >= 15 is 0 Å². The van der Waals surface area contributed by atoms with Gasteiger partial charge < -0.3 is 5.32 Å². The van der Waals surface area contributed by atoms with Gasteiger partial charge in [-0.15, -0.1) is 0 Å². The summed E-state index contributed by atoms with van der Waals surface area (Å²) in [6.45, 7) is 2.63. The van der Waals surface area contributed by atoms with Crippen molar-refractivity contribution in [3.05, 3.63) is 0 Å². The summed E-state index contributed by atoms with van der Waals surface area (Å²) >= 11 is 0. The minimum atomic E-state index is -0.280. The molecule has 0 aromatic carbocycles. The molecule has 4 heteroatoms. The molecule has 2 amide bonds. The number of imide groups is 1. The predicted octanol–water partition coefficient (Wildman–Crippen LogP) is -0.647. The number of hydrogen-bond donors (Lipinski definition) is 1. The smallest absolute Gasteiger partial charge is 0.246 e. The minimum absolute atomic E-state index is 0.0963. The molecule has 1 heterocycles. The van der Waals surface area contributed by atoms with E-state index in [4.69, 9.17) is 0 Å². The first-order valence-corrected chi connectivity index (χ1v) is 3.70. The molecule has 1 rings (SSSR count). The Bertz CT molecular complexity index is 191. The van der Waals surface area contributed by atoms with Crippen molar-refractivity contribution in [3.8, 4) is 0 Å². The zero-order valence-electron chi connectivity index (χ0n) is 6.76. The van der Waals surface area contributed by atoms with Gasteiger partial charge in [-0.3, -0.25) is 14.5 Å². The Kier molecular flexibility index (Phi) is 2.24. The largest absolute Gasteiger partial charge is 0.306 e. The fraction of sp³-hybridized carbons (Fsp3) is 0.714. The Hall–Kier alpha value is -0.900. The number of nitrogens with one attached hydrogen (secondary N) is 1. The van der Waals surface area contributed by atoms with Crippen LogP contribution in [0.15, 0.2) is 0 Å². The molecule has 1 aliphatic heterocycles. The molecule has 1 N–H and O–H groups in total. The second-order valence-corrected chi connectivity index (χ2v) is 2.61. The molecular formula is C7H12N2O2. The molecule has 62 valence electrons. The zero-order valence-corrected chi connectivity index (χ0v) is 6.76. The van der Waals surface area contributed by atoms with E-state index in [9.17, 15) is 9.59 Å². The van der Waals surface area contributed by atoms with Gasteiger partial charge in [-0.1, -0.05) is 6.92 Å². The Morgan fingerprint density at radius 3 is 2.64 bits per heavy atom. The van der Waals surface area contributed by atoms with Crippen molar-refractivity contribution >= 4 is 11.8 Å². The van der Waals surface area contributed by atoms with Crippen LogP contribution in [0.2, 0.25) is 0 Å². The Balaban J connectivity index is 2.60. The first-order valence-electron chi connectivity index (χ1n) is 3.70. The topological polar surface area (TPSA) is 49.4 Å². The summed E-state index contributed by atoms with van der Waals surface area (Å²) in [5.74, 6) is -0.210. The number of likely N-dealkylation sites (N-methyl/N-ethyl adjacent to an activating group) is 2. The lowest BCUT2D eigenvalue weighted by molar-refractivity contribution is -0.137. The monoisotopic (exact) mass is 156 g/mol. The molecule has 0 aromatic heterocycles. The van der Waals surface area contributed by atoms with Gasteiger partial charge in [0.05, 0.1) is 12.5 Å². The second kappa shape index (κ2) is 3.00. The first kappa shape index (κ1) is 8.20. The summed E-state index contributed by atoms with van der Waals surface area (Å²) in [6, 6.07) is -0.280. The van der Waals surface area contributed by atoms with E-state index in [0.29, 0.717) is 6.42 Å². The molecule has 1 aliphatic rings. The molecular weight excluding hydrogens is 144 g/mol. The van der Waals surface area contributed by atoms with Gasteiger partial charge in [0.25, 0.3) is 0 Å². The van der Waals surface area contributed by atoms with Crippen molar-refractivity contribution in [2.75, 3.05) is 13.6 Å². The summed E-state index contributed by atoms with van der Waals surface area (Å²) in [5.41, 5.74) is 0. The molecule has 0 aliphatic carbocycles. The quantitative estimate of drug-likeness (QED) is 0.541. The summed E-state index contributed by atoms with van der Waals surface area (Å²) in [7, 11) is 1.52. The molecule has 1 unspecified atom stereocenters. The summed E-state index contributed by atoms with van der Waals surface area (Å²) in [4.78, 5) is 23.3. The van der Waals surface area contributed by atoms with E-state index in [0.717, 1.165) is 6.54 Å². The molecule has 1 fully saturated rings. The van der Waals surface area contributed by atoms with Crippen LogP contribution in [0.5, 0.6) is 0 Å². The van der Waals surface area contributed by atoms with Crippen LogP contribution in [0.25, 0.3) is 0 Å². The number of nitrogens with zero attached hydrogens (tertiary/aromatic N) is 1. The zero-order chi connectivity index (χ0) is 8.43. The van der Waals surface area contributed by atoms with Crippen LogP contribution < -0.4 is 5.32 Å². The van der Waals surface area contributed by atoms with E-state index in [1.165, 1.54) is 11.9 Å². The van der Waals surface area contributed by atoms with Crippen LogP contribution in [-0.4, -0.2) is 36.3 Å². The highest BCUT2D eigenvalue weighted by atomic mass is 16.2. The van der Waals surface area contributed by atoms with Crippen LogP contribution in [-0.2, 0) is 9.59 Å². The molecule has 11 heavy (non-hydrogen) atoms. The van der Waals surface area contributed by atoms with Crippen LogP contribution in [0.4, 0.5) is 0 Å². The predicted molar refractivity (Wildman–Crippen MR) is 39.9 cm³/mol. The molecule has 0 saturated carbocycles. The number of carbonyl (C=O) groups excluding carboxylic acids is 2. The lowest BCUT2D eigenvalue weighted by atomic mass is 10.2. The maximum absolute atomic E-state index is 11.1. The van der Waals surface area contributed by atoms with E-state index in [1.54, 1.807) is 0 Å². The molecule has 0 radical (unpaired) electrons. The van der Waals surface area contributed by atoms with Crippen LogP contribution in [0.3, 0.4) is 0 Å². The van der Waals surface area contributed by atoms with Crippen molar-refractivity contribution in [3.63, 3.8) is 0 Å². The third kappa shape index (κ3) is 1.40. The van der Waals surface area contributed by atoms with Gasteiger partial charge in [0, 0.05) is 7.05 Å². The number of rotatable bonds is 2. The number of amides is 2. The van der Waals surface area contributed by atoms with E-state index < -0.39 is 0 Å². The van der Waals surface area contributed by atoms with Crippen molar-refractivity contribution in [1.82, 2.24) is 10.2 Å². The number of hydrogen-bond acceptors (Lipinski definition) is 3. The third-order valence-electron chi connectivity index (χ3n) is 1.83. The van der Waals surface area contributed by atoms with Gasteiger partial charge in [-0.25, -0.2) is 0 Å². The normalized spacial score (nSPS) is 24.9. The number of likely N-dealkylation sites (tertiary alicyclic amines) is 1. The summed E-state index contributed by atoms with van der Waals surface area (Å²) in [5, 5.41) is 2.94. The highest BCUT2D eigenvalue weighted by Crippen LogP contribution is 2.09. The lowest BCUT2D eigenvalue weighted by Gasteiger charge is -2.08. The second-order valence-electron chi connectivity index (χ2n) is 2.61. The molecule has 0 spiro atoms. The van der Waals surface area contributed by atoms with Crippen molar-refractivity contribution < 1.29 is 9.59 Å². The van der Waals surface area contributed by atoms with Crippen molar-refractivity contribution in [2.24, 2.45) is 0 Å². The fourth-order valence-corrected chi connectivity index (χ4v) is 1.16. The van der Waals surface area contributed by atoms with Crippen molar-refractivity contribution in [2.45, 2.75) is 19.4 Å². The highest BCUT2D eigenvalue weighted by Gasteiger charge is 2.34. The molecule has 1 saturated heterocycles. The summed E-state index contributed by atoms with van der Waals surface area (Å²) < 4.78 is 0. The average molecular weight is 156 g/mol. The van der Waals surface area contributed by atoms with Crippen molar-refractivity contribution in [1.29, 1.82) is 0 Å². The first-order chi connectivity index (χ1) is 5.16. The van der Waals surface area contributed by atoms with Gasteiger partial charge in [0.15, 0.2) is 0 Å². The van der Waals surface area contributed by atoms with E-state index in [-0.39, 0.29) is 17.9 Å². The molecule has 0 bridgehead atoms. The fourth-order valence-electron chi connectivity index (χ4n) is 1.16. The Labute approximate surface area is 65.6 Å². The highest BCUT2D eigenvalue weighted by molar-refractivity contribution is 6.05. The Morgan fingerprint density at radius 1 is 1.64 bits per heavy atom. The molecule has 4 nitrogen and oxygen atoms in total. The average Bonchev–Trinajstić information content (AvgIpc) is 2.19. The van der Waals surface area contributed by atoms with E-state index in [1.807, 2.05) is 6.92 Å².